The minimum atomic E-state index is 1.04. The summed E-state index contributed by atoms with van der Waals surface area (Å²) in [6, 6.07) is 0. The lowest BCUT2D eigenvalue weighted by molar-refractivity contribution is 0.529. The van der Waals surface area contributed by atoms with Gasteiger partial charge in [0.05, 0.1) is 0 Å². The maximum atomic E-state index is 2.40. The third kappa shape index (κ3) is 0.680. The summed E-state index contributed by atoms with van der Waals surface area (Å²) < 4.78 is 0. The molecular weight excluding hydrogens is 116 g/mol. The number of fused-ring (bicyclic) bond motifs is 1. The van der Waals surface area contributed by atoms with E-state index in [1.807, 2.05) is 0 Å². The Labute approximate surface area is 55.0 Å². The van der Waals surface area contributed by atoms with Crippen molar-refractivity contribution in [2.45, 2.75) is 13.3 Å². The van der Waals surface area contributed by atoms with Crippen LogP contribution in [0, 0.1) is 17.8 Å². The molecule has 1 heteroatoms. The van der Waals surface area contributed by atoms with Crippen molar-refractivity contribution in [3.8, 4) is 0 Å². The zero-order chi connectivity index (χ0) is 5.56. The molecule has 0 spiro atoms. The van der Waals surface area contributed by atoms with Crippen molar-refractivity contribution in [2.24, 2.45) is 17.8 Å². The van der Waals surface area contributed by atoms with Crippen LogP contribution in [-0.4, -0.2) is 11.5 Å². The predicted octanol–water partition coefficient (Wildman–Crippen LogP) is 2.01. The molecule has 46 valence electrons. The highest BCUT2D eigenvalue weighted by Gasteiger charge is 2.43. The SMILES string of the molecule is C[C@@H]1CSCC2CC21. The number of hydrogen-bond donors (Lipinski definition) is 0. The van der Waals surface area contributed by atoms with Gasteiger partial charge in [0, 0.05) is 0 Å². The van der Waals surface area contributed by atoms with Gasteiger partial charge in [-0.1, -0.05) is 6.92 Å². The van der Waals surface area contributed by atoms with E-state index in [9.17, 15) is 0 Å². The molecule has 2 unspecified atom stereocenters. The van der Waals surface area contributed by atoms with Crippen molar-refractivity contribution in [1.29, 1.82) is 0 Å². The molecule has 1 saturated carbocycles. The van der Waals surface area contributed by atoms with Crippen LogP contribution < -0.4 is 0 Å². The minimum absolute atomic E-state index is 1.04. The molecule has 2 aliphatic rings. The zero-order valence-corrected chi connectivity index (χ0v) is 6.08. The van der Waals surface area contributed by atoms with Gasteiger partial charge in [-0.25, -0.2) is 0 Å². The molecule has 0 radical (unpaired) electrons. The van der Waals surface area contributed by atoms with Crippen LogP contribution in [0.1, 0.15) is 13.3 Å². The van der Waals surface area contributed by atoms with E-state index in [0.29, 0.717) is 0 Å². The number of thioether (sulfide) groups is 1. The molecule has 0 aromatic heterocycles. The summed E-state index contributed by atoms with van der Waals surface area (Å²) in [5.41, 5.74) is 0. The highest BCUT2D eigenvalue weighted by Crippen LogP contribution is 2.50. The van der Waals surface area contributed by atoms with Gasteiger partial charge in [0.15, 0.2) is 0 Å². The lowest BCUT2D eigenvalue weighted by atomic mass is 10.1. The third-order valence-electron chi connectivity index (χ3n) is 2.42. The first-order valence-corrected chi connectivity index (χ1v) is 4.61. The standard InChI is InChI=1S/C7H12S/c1-5-3-8-4-6-2-7(5)6/h5-7H,2-4H2,1H3/t5-,6?,7?/m1/s1. The van der Waals surface area contributed by atoms with Crippen LogP contribution in [0.25, 0.3) is 0 Å². The van der Waals surface area contributed by atoms with Gasteiger partial charge in [0.2, 0.25) is 0 Å². The molecule has 0 bridgehead atoms. The van der Waals surface area contributed by atoms with Gasteiger partial charge in [0.25, 0.3) is 0 Å². The van der Waals surface area contributed by atoms with Crippen LogP contribution >= 0.6 is 11.8 Å². The molecule has 1 heterocycles. The molecule has 0 N–H and O–H groups in total. The van der Waals surface area contributed by atoms with Crippen molar-refractivity contribution < 1.29 is 0 Å². The fourth-order valence-corrected chi connectivity index (χ4v) is 3.13. The first-order chi connectivity index (χ1) is 3.88. The Kier molecular flexibility index (Phi) is 1.07. The number of rotatable bonds is 0. The van der Waals surface area contributed by atoms with Crippen LogP contribution in [-0.2, 0) is 0 Å². The average Bonchev–Trinajstić information content (AvgIpc) is 2.45. The Morgan fingerprint density at radius 2 is 2.25 bits per heavy atom. The lowest BCUT2D eigenvalue weighted by Gasteiger charge is -2.14. The van der Waals surface area contributed by atoms with E-state index in [1.54, 1.807) is 6.42 Å². The van der Waals surface area contributed by atoms with Gasteiger partial charge >= 0.3 is 0 Å². The highest BCUT2D eigenvalue weighted by atomic mass is 32.2. The van der Waals surface area contributed by atoms with Crippen molar-refractivity contribution in [3.05, 3.63) is 0 Å². The Bertz CT molecular complexity index is 101. The molecule has 0 aromatic carbocycles. The largest absolute Gasteiger partial charge is 0.161 e. The molecule has 8 heavy (non-hydrogen) atoms. The molecule has 1 saturated heterocycles. The van der Waals surface area contributed by atoms with E-state index < -0.39 is 0 Å². The first-order valence-electron chi connectivity index (χ1n) is 3.45. The summed E-state index contributed by atoms with van der Waals surface area (Å²) >= 11 is 2.15. The molecule has 1 aliphatic carbocycles. The van der Waals surface area contributed by atoms with Crippen molar-refractivity contribution in [2.75, 3.05) is 11.5 Å². The second-order valence-corrected chi connectivity index (χ2v) is 4.25. The smallest absolute Gasteiger partial charge is 0.00362 e. The lowest BCUT2D eigenvalue weighted by Crippen LogP contribution is -2.09. The topological polar surface area (TPSA) is 0 Å². The van der Waals surface area contributed by atoms with Gasteiger partial charge in [-0.15, -0.1) is 0 Å². The molecule has 2 rings (SSSR count). The van der Waals surface area contributed by atoms with Crippen LogP contribution in [0.5, 0.6) is 0 Å². The molecule has 0 nitrogen and oxygen atoms in total. The van der Waals surface area contributed by atoms with Crippen molar-refractivity contribution in [1.82, 2.24) is 0 Å². The van der Waals surface area contributed by atoms with Crippen LogP contribution in [0.4, 0.5) is 0 Å². The summed E-state index contributed by atoms with van der Waals surface area (Å²) in [5.74, 6) is 6.23. The van der Waals surface area contributed by atoms with E-state index in [1.165, 1.54) is 11.5 Å². The molecule has 2 fully saturated rings. The van der Waals surface area contributed by atoms with Gasteiger partial charge < -0.3 is 0 Å². The van der Waals surface area contributed by atoms with Crippen molar-refractivity contribution in [3.63, 3.8) is 0 Å². The number of hydrogen-bond acceptors (Lipinski definition) is 1. The summed E-state index contributed by atoms with van der Waals surface area (Å²) in [7, 11) is 0. The van der Waals surface area contributed by atoms with Crippen LogP contribution in [0.2, 0.25) is 0 Å². The summed E-state index contributed by atoms with van der Waals surface area (Å²) in [6.07, 6.45) is 1.55. The maximum Gasteiger partial charge on any atom is -0.00362 e. The quantitative estimate of drug-likeness (QED) is 0.481. The minimum Gasteiger partial charge on any atom is -0.161 e. The summed E-state index contributed by atoms with van der Waals surface area (Å²) in [5, 5.41) is 0. The van der Waals surface area contributed by atoms with Gasteiger partial charge in [0.1, 0.15) is 0 Å². The Balaban J connectivity index is 1.99. The second-order valence-electron chi connectivity index (χ2n) is 3.17. The van der Waals surface area contributed by atoms with Gasteiger partial charge in [-0.3, -0.25) is 0 Å². The van der Waals surface area contributed by atoms with E-state index in [0.717, 1.165) is 17.8 Å². The highest BCUT2D eigenvalue weighted by molar-refractivity contribution is 7.99. The molecule has 1 aliphatic heterocycles. The average molecular weight is 128 g/mol. The fraction of sp³-hybridized carbons (Fsp3) is 1.00. The van der Waals surface area contributed by atoms with E-state index in [4.69, 9.17) is 0 Å². The molecule has 0 aromatic rings. The molecule has 3 atom stereocenters. The zero-order valence-electron chi connectivity index (χ0n) is 5.26. The van der Waals surface area contributed by atoms with E-state index in [-0.39, 0.29) is 0 Å². The third-order valence-corrected chi connectivity index (χ3v) is 3.85. The van der Waals surface area contributed by atoms with Gasteiger partial charge in [-0.2, -0.15) is 11.8 Å². The van der Waals surface area contributed by atoms with E-state index >= 15 is 0 Å². The maximum absolute atomic E-state index is 2.40. The van der Waals surface area contributed by atoms with Crippen molar-refractivity contribution >= 4 is 11.8 Å². The summed E-state index contributed by atoms with van der Waals surface area (Å²) in [4.78, 5) is 0. The van der Waals surface area contributed by atoms with E-state index in [2.05, 4.69) is 18.7 Å². The fourth-order valence-electron chi connectivity index (χ4n) is 1.69. The first kappa shape index (κ1) is 5.16. The monoisotopic (exact) mass is 128 g/mol. The molecule has 0 amide bonds. The Morgan fingerprint density at radius 3 is 2.88 bits per heavy atom. The van der Waals surface area contributed by atoms with Crippen LogP contribution in [0.15, 0.2) is 0 Å². The second kappa shape index (κ2) is 1.66. The molecular formula is C7H12S. The van der Waals surface area contributed by atoms with Gasteiger partial charge in [-0.05, 0) is 35.7 Å². The normalized spacial score (nSPS) is 52.9. The Hall–Kier alpha value is 0.350. The van der Waals surface area contributed by atoms with Crippen LogP contribution in [0.3, 0.4) is 0 Å². The predicted molar refractivity (Wildman–Crippen MR) is 38.1 cm³/mol. The summed E-state index contributed by atoms with van der Waals surface area (Å²) in [6.45, 7) is 2.40. The Morgan fingerprint density at radius 1 is 1.38 bits per heavy atom.